The van der Waals surface area contributed by atoms with Crippen molar-refractivity contribution in [3.63, 3.8) is 0 Å². The Bertz CT molecular complexity index is 950. The van der Waals surface area contributed by atoms with Gasteiger partial charge in [0.25, 0.3) is 5.56 Å². The summed E-state index contributed by atoms with van der Waals surface area (Å²) in [4.78, 5) is 25.2. The average molecular weight is 348 g/mol. The quantitative estimate of drug-likeness (QED) is 0.706. The molecule has 0 aliphatic carbocycles. The summed E-state index contributed by atoms with van der Waals surface area (Å²) in [5.74, 6) is -0.640. The van der Waals surface area contributed by atoms with Crippen molar-refractivity contribution >= 4 is 5.97 Å². The second-order valence-electron chi connectivity index (χ2n) is 6.01. The van der Waals surface area contributed by atoms with Crippen molar-refractivity contribution in [2.24, 2.45) is 0 Å². The van der Waals surface area contributed by atoms with Gasteiger partial charge in [0.15, 0.2) is 0 Å². The molecule has 0 aliphatic heterocycles. The topological polar surface area (TPSA) is 72.0 Å². The zero-order chi connectivity index (χ0) is 18.5. The molecule has 3 aromatic rings. The summed E-state index contributed by atoms with van der Waals surface area (Å²) in [7, 11) is 0. The SMILES string of the molecule is CCC(C)OC(=O)c1c(-c2ccccc2)c(-c2ccccc2)n[nH]c1=O. The number of aromatic nitrogens is 2. The zero-order valence-electron chi connectivity index (χ0n) is 14.7. The van der Waals surface area contributed by atoms with Gasteiger partial charge in [-0.3, -0.25) is 4.79 Å². The molecule has 0 saturated carbocycles. The minimum atomic E-state index is -0.640. The Labute approximate surface area is 151 Å². The molecule has 26 heavy (non-hydrogen) atoms. The Hall–Kier alpha value is -3.21. The highest BCUT2D eigenvalue weighted by molar-refractivity contribution is 6.00. The lowest BCUT2D eigenvalue weighted by Crippen LogP contribution is -2.25. The summed E-state index contributed by atoms with van der Waals surface area (Å²) in [5, 5.41) is 6.66. The maximum absolute atomic E-state index is 12.7. The van der Waals surface area contributed by atoms with E-state index in [1.807, 2.05) is 67.6 Å². The van der Waals surface area contributed by atoms with E-state index in [0.29, 0.717) is 17.7 Å². The van der Waals surface area contributed by atoms with Gasteiger partial charge in [-0.15, -0.1) is 0 Å². The van der Waals surface area contributed by atoms with Crippen LogP contribution in [0, 0.1) is 0 Å². The van der Waals surface area contributed by atoms with Crippen LogP contribution in [0.4, 0.5) is 0 Å². The van der Waals surface area contributed by atoms with Crippen LogP contribution >= 0.6 is 0 Å². The zero-order valence-corrected chi connectivity index (χ0v) is 14.7. The highest BCUT2D eigenvalue weighted by Gasteiger charge is 2.25. The summed E-state index contributed by atoms with van der Waals surface area (Å²) in [5.41, 5.74) is 1.98. The van der Waals surface area contributed by atoms with E-state index in [4.69, 9.17) is 4.74 Å². The first-order valence-electron chi connectivity index (χ1n) is 8.56. The molecule has 132 valence electrons. The van der Waals surface area contributed by atoms with Gasteiger partial charge in [0.1, 0.15) is 5.56 Å². The van der Waals surface area contributed by atoms with Crippen LogP contribution in [0.3, 0.4) is 0 Å². The van der Waals surface area contributed by atoms with Crippen LogP contribution in [-0.4, -0.2) is 22.3 Å². The molecule has 0 fully saturated rings. The number of nitrogens with zero attached hydrogens (tertiary/aromatic N) is 1. The van der Waals surface area contributed by atoms with Gasteiger partial charge in [-0.25, -0.2) is 9.89 Å². The normalized spacial score (nSPS) is 11.8. The summed E-state index contributed by atoms with van der Waals surface area (Å²) in [6.45, 7) is 3.72. The predicted molar refractivity (Wildman–Crippen MR) is 101 cm³/mol. The predicted octanol–water partition coefficient (Wildman–Crippen LogP) is 4.06. The number of aromatic amines is 1. The molecule has 3 rings (SSSR count). The Morgan fingerprint density at radius 1 is 1.04 bits per heavy atom. The minimum Gasteiger partial charge on any atom is -0.459 e. The molecule has 1 heterocycles. The first kappa shape index (κ1) is 17.6. The maximum atomic E-state index is 12.7. The van der Waals surface area contributed by atoms with E-state index in [1.54, 1.807) is 6.92 Å². The summed E-state index contributed by atoms with van der Waals surface area (Å²) in [6, 6.07) is 18.7. The fraction of sp³-hybridized carbons (Fsp3) is 0.190. The fourth-order valence-corrected chi connectivity index (χ4v) is 2.66. The third-order valence-electron chi connectivity index (χ3n) is 4.18. The molecule has 0 radical (unpaired) electrons. The lowest BCUT2D eigenvalue weighted by atomic mass is 9.95. The molecule has 1 unspecified atom stereocenters. The van der Waals surface area contributed by atoms with Crippen molar-refractivity contribution in [1.29, 1.82) is 0 Å². The van der Waals surface area contributed by atoms with Crippen LogP contribution in [0.1, 0.15) is 30.6 Å². The van der Waals surface area contributed by atoms with Crippen LogP contribution in [0.5, 0.6) is 0 Å². The lowest BCUT2D eigenvalue weighted by Gasteiger charge is -2.15. The number of carbonyl (C=O) groups is 1. The van der Waals surface area contributed by atoms with Crippen molar-refractivity contribution < 1.29 is 9.53 Å². The third kappa shape index (κ3) is 3.57. The van der Waals surface area contributed by atoms with Gasteiger partial charge in [-0.1, -0.05) is 67.6 Å². The van der Waals surface area contributed by atoms with Crippen molar-refractivity contribution in [3.05, 3.63) is 76.6 Å². The molecule has 2 aromatic carbocycles. The monoisotopic (exact) mass is 348 g/mol. The minimum absolute atomic E-state index is 0.0228. The van der Waals surface area contributed by atoms with Crippen LogP contribution in [0.15, 0.2) is 65.5 Å². The van der Waals surface area contributed by atoms with E-state index in [1.165, 1.54) is 0 Å². The van der Waals surface area contributed by atoms with Crippen molar-refractivity contribution in [2.45, 2.75) is 26.4 Å². The van der Waals surface area contributed by atoms with Crippen molar-refractivity contribution in [2.75, 3.05) is 0 Å². The molecule has 0 spiro atoms. The molecule has 1 aromatic heterocycles. The highest BCUT2D eigenvalue weighted by atomic mass is 16.5. The van der Waals surface area contributed by atoms with Gasteiger partial charge in [-0.2, -0.15) is 5.10 Å². The Morgan fingerprint density at radius 2 is 1.62 bits per heavy atom. The standard InChI is InChI=1S/C21H20N2O3/c1-3-14(2)26-21(25)18-17(15-10-6-4-7-11-15)19(22-23-20(18)24)16-12-8-5-9-13-16/h4-14H,3H2,1-2H3,(H,23,24). The number of benzene rings is 2. The molecule has 0 aliphatic rings. The first-order chi connectivity index (χ1) is 12.6. The summed E-state index contributed by atoms with van der Waals surface area (Å²) >= 11 is 0. The van der Waals surface area contributed by atoms with Gasteiger partial charge < -0.3 is 4.74 Å². The number of nitrogens with one attached hydrogen (secondary N) is 1. The van der Waals surface area contributed by atoms with Gasteiger partial charge in [0.05, 0.1) is 11.8 Å². The summed E-state index contributed by atoms with van der Waals surface area (Å²) < 4.78 is 5.43. The molecule has 5 nitrogen and oxygen atoms in total. The van der Waals surface area contributed by atoms with Crippen LogP contribution in [-0.2, 0) is 4.74 Å². The molecule has 1 N–H and O–H groups in total. The van der Waals surface area contributed by atoms with E-state index < -0.39 is 11.5 Å². The highest BCUT2D eigenvalue weighted by Crippen LogP contribution is 2.31. The van der Waals surface area contributed by atoms with E-state index in [0.717, 1.165) is 11.1 Å². The van der Waals surface area contributed by atoms with Crippen LogP contribution < -0.4 is 5.56 Å². The largest absolute Gasteiger partial charge is 0.459 e. The molecule has 0 bridgehead atoms. The summed E-state index contributed by atoms with van der Waals surface area (Å²) in [6.07, 6.45) is 0.389. The molecular weight excluding hydrogens is 328 g/mol. The fourth-order valence-electron chi connectivity index (χ4n) is 2.66. The molecule has 0 saturated heterocycles. The van der Waals surface area contributed by atoms with Crippen LogP contribution in [0.25, 0.3) is 22.4 Å². The van der Waals surface area contributed by atoms with Gasteiger partial charge in [-0.05, 0) is 18.9 Å². The van der Waals surface area contributed by atoms with E-state index >= 15 is 0 Å². The number of H-pyrrole nitrogens is 1. The Kier molecular flexibility index (Phi) is 5.27. The van der Waals surface area contributed by atoms with Crippen molar-refractivity contribution in [1.82, 2.24) is 10.2 Å². The second kappa shape index (κ2) is 7.78. The number of rotatable bonds is 5. The Morgan fingerprint density at radius 3 is 2.19 bits per heavy atom. The number of carbonyl (C=O) groups excluding carboxylic acids is 1. The van der Waals surface area contributed by atoms with Gasteiger partial charge >= 0.3 is 5.97 Å². The molecule has 1 atom stereocenters. The smallest absolute Gasteiger partial charge is 0.344 e. The van der Waals surface area contributed by atoms with Crippen molar-refractivity contribution in [3.8, 4) is 22.4 Å². The number of hydrogen-bond donors (Lipinski definition) is 1. The van der Waals surface area contributed by atoms with E-state index in [-0.39, 0.29) is 11.7 Å². The maximum Gasteiger partial charge on any atom is 0.344 e. The van der Waals surface area contributed by atoms with E-state index in [9.17, 15) is 9.59 Å². The first-order valence-corrected chi connectivity index (χ1v) is 8.56. The molecular formula is C21H20N2O3. The number of esters is 1. The molecule has 5 heteroatoms. The van der Waals surface area contributed by atoms with Gasteiger partial charge in [0.2, 0.25) is 0 Å². The van der Waals surface area contributed by atoms with Gasteiger partial charge in [0, 0.05) is 11.1 Å². The lowest BCUT2D eigenvalue weighted by molar-refractivity contribution is 0.0333. The molecule has 0 amide bonds. The second-order valence-corrected chi connectivity index (χ2v) is 6.01. The van der Waals surface area contributed by atoms with E-state index in [2.05, 4.69) is 10.2 Å². The number of ether oxygens (including phenoxy) is 1. The third-order valence-corrected chi connectivity index (χ3v) is 4.18. The number of hydrogen-bond acceptors (Lipinski definition) is 4. The van der Waals surface area contributed by atoms with Crippen LogP contribution in [0.2, 0.25) is 0 Å². The average Bonchev–Trinajstić information content (AvgIpc) is 2.68. The Balaban J connectivity index is 2.26.